The fourth-order valence-electron chi connectivity index (χ4n) is 1.23. The Hall–Kier alpha value is -1.76. The SMILES string of the molecule is N#Cc1cc(Oc2cccc(Cl)c2Cl)ccn1. The first-order valence-electron chi connectivity index (χ1n) is 4.69. The summed E-state index contributed by atoms with van der Waals surface area (Å²) in [5.41, 5.74) is 0.278. The maximum atomic E-state index is 8.71. The minimum absolute atomic E-state index is 0.278. The second-order valence-electron chi connectivity index (χ2n) is 3.14. The molecule has 0 bridgehead atoms. The van der Waals surface area contributed by atoms with Crippen molar-refractivity contribution in [2.24, 2.45) is 0 Å². The van der Waals surface area contributed by atoms with Gasteiger partial charge in [-0.3, -0.25) is 0 Å². The minimum Gasteiger partial charge on any atom is -0.456 e. The predicted octanol–water partition coefficient (Wildman–Crippen LogP) is 4.05. The Morgan fingerprint density at radius 3 is 2.82 bits per heavy atom. The van der Waals surface area contributed by atoms with Crippen LogP contribution in [0.3, 0.4) is 0 Å². The smallest absolute Gasteiger partial charge is 0.147 e. The lowest BCUT2D eigenvalue weighted by molar-refractivity contribution is 0.482. The molecule has 0 radical (unpaired) electrons. The number of benzene rings is 1. The number of nitriles is 1. The van der Waals surface area contributed by atoms with Crippen molar-refractivity contribution in [1.29, 1.82) is 5.26 Å². The van der Waals surface area contributed by atoms with Crippen molar-refractivity contribution in [2.75, 3.05) is 0 Å². The summed E-state index contributed by atoms with van der Waals surface area (Å²) in [6, 6.07) is 10.2. The van der Waals surface area contributed by atoms with Crippen LogP contribution in [0.15, 0.2) is 36.5 Å². The lowest BCUT2D eigenvalue weighted by Crippen LogP contribution is -1.88. The molecule has 84 valence electrons. The van der Waals surface area contributed by atoms with E-state index in [9.17, 15) is 0 Å². The summed E-state index contributed by atoms with van der Waals surface area (Å²) >= 11 is 11.8. The van der Waals surface area contributed by atoms with E-state index < -0.39 is 0 Å². The third kappa shape index (κ3) is 2.68. The highest BCUT2D eigenvalue weighted by atomic mass is 35.5. The van der Waals surface area contributed by atoms with E-state index in [0.29, 0.717) is 21.5 Å². The molecule has 5 heteroatoms. The fraction of sp³-hybridized carbons (Fsp3) is 0. The van der Waals surface area contributed by atoms with Crippen LogP contribution in [0.2, 0.25) is 10.0 Å². The second-order valence-corrected chi connectivity index (χ2v) is 3.93. The number of rotatable bonds is 2. The molecule has 0 fully saturated rings. The van der Waals surface area contributed by atoms with Crippen LogP contribution in [0, 0.1) is 11.3 Å². The molecule has 1 heterocycles. The number of ether oxygens (including phenoxy) is 1. The van der Waals surface area contributed by atoms with E-state index in [1.807, 2.05) is 6.07 Å². The molecular formula is C12H6Cl2N2O. The van der Waals surface area contributed by atoms with Crippen molar-refractivity contribution in [3.05, 3.63) is 52.3 Å². The number of hydrogen-bond acceptors (Lipinski definition) is 3. The van der Waals surface area contributed by atoms with Gasteiger partial charge in [0.05, 0.1) is 5.02 Å². The normalized spacial score (nSPS) is 9.71. The molecule has 2 rings (SSSR count). The van der Waals surface area contributed by atoms with Crippen LogP contribution in [0.1, 0.15) is 5.69 Å². The van der Waals surface area contributed by atoms with Crippen molar-refractivity contribution in [3.63, 3.8) is 0 Å². The van der Waals surface area contributed by atoms with E-state index in [1.54, 1.807) is 24.3 Å². The van der Waals surface area contributed by atoms with Gasteiger partial charge in [-0.15, -0.1) is 0 Å². The molecule has 0 saturated heterocycles. The first kappa shape index (κ1) is 11.7. The average molecular weight is 265 g/mol. The van der Waals surface area contributed by atoms with Gasteiger partial charge in [-0.05, 0) is 18.2 Å². The Morgan fingerprint density at radius 2 is 2.06 bits per heavy atom. The predicted molar refractivity (Wildman–Crippen MR) is 65.5 cm³/mol. The third-order valence-electron chi connectivity index (χ3n) is 1.99. The molecule has 0 aliphatic heterocycles. The molecule has 1 aromatic heterocycles. The van der Waals surface area contributed by atoms with E-state index in [1.165, 1.54) is 12.3 Å². The fourth-order valence-corrected chi connectivity index (χ4v) is 1.56. The van der Waals surface area contributed by atoms with Gasteiger partial charge in [-0.25, -0.2) is 4.98 Å². The molecule has 0 aliphatic carbocycles. The molecule has 0 atom stereocenters. The standard InChI is InChI=1S/C12H6Cl2N2O/c13-10-2-1-3-11(12(10)14)17-9-4-5-16-8(6-9)7-15/h1-6H. The van der Waals surface area contributed by atoms with Crippen LogP contribution in [0.4, 0.5) is 0 Å². The first-order valence-corrected chi connectivity index (χ1v) is 5.44. The first-order chi connectivity index (χ1) is 8.20. The zero-order valence-electron chi connectivity index (χ0n) is 8.52. The summed E-state index contributed by atoms with van der Waals surface area (Å²) in [5, 5.41) is 9.46. The Morgan fingerprint density at radius 1 is 1.24 bits per heavy atom. The summed E-state index contributed by atoms with van der Waals surface area (Å²) in [5.74, 6) is 0.926. The van der Waals surface area contributed by atoms with Crippen molar-refractivity contribution in [1.82, 2.24) is 4.98 Å². The van der Waals surface area contributed by atoms with E-state index in [-0.39, 0.29) is 5.69 Å². The van der Waals surface area contributed by atoms with Crippen LogP contribution in [-0.4, -0.2) is 4.98 Å². The quantitative estimate of drug-likeness (QED) is 0.822. The van der Waals surface area contributed by atoms with Crippen LogP contribution in [-0.2, 0) is 0 Å². The van der Waals surface area contributed by atoms with Crippen molar-refractivity contribution in [2.45, 2.75) is 0 Å². The highest BCUT2D eigenvalue weighted by molar-refractivity contribution is 6.42. The van der Waals surface area contributed by atoms with E-state index >= 15 is 0 Å². The van der Waals surface area contributed by atoms with E-state index in [4.69, 9.17) is 33.2 Å². The molecule has 3 nitrogen and oxygen atoms in total. The molecule has 0 aliphatic rings. The molecule has 1 aromatic carbocycles. The van der Waals surface area contributed by atoms with Gasteiger partial charge in [0.15, 0.2) is 0 Å². The number of halogens is 2. The maximum absolute atomic E-state index is 8.71. The number of nitrogens with zero attached hydrogens (tertiary/aromatic N) is 2. The molecule has 0 spiro atoms. The summed E-state index contributed by atoms with van der Waals surface area (Å²) in [6.45, 7) is 0. The van der Waals surface area contributed by atoms with E-state index in [2.05, 4.69) is 4.98 Å². The van der Waals surface area contributed by atoms with Crippen molar-refractivity contribution >= 4 is 23.2 Å². The topological polar surface area (TPSA) is 45.9 Å². The Kier molecular flexibility index (Phi) is 3.48. The largest absolute Gasteiger partial charge is 0.456 e. The number of aromatic nitrogens is 1. The van der Waals surface area contributed by atoms with Gasteiger partial charge in [0.25, 0.3) is 0 Å². The Labute approximate surface area is 108 Å². The second kappa shape index (κ2) is 5.05. The highest BCUT2D eigenvalue weighted by Crippen LogP contribution is 2.34. The van der Waals surface area contributed by atoms with Crippen molar-refractivity contribution < 1.29 is 4.74 Å². The minimum atomic E-state index is 0.278. The molecule has 0 saturated carbocycles. The average Bonchev–Trinajstić information content (AvgIpc) is 2.35. The Bertz CT molecular complexity index is 593. The van der Waals surface area contributed by atoms with E-state index in [0.717, 1.165) is 0 Å². The van der Waals surface area contributed by atoms with Gasteiger partial charge in [-0.2, -0.15) is 5.26 Å². The highest BCUT2D eigenvalue weighted by Gasteiger charge is 2.07. The third-order valence-corrected chi connectivity index (χ3v) is 2.79. The molecule has 17 heavy (non-hydrogen) atoms. The lowest BCUT2D eigenvalue weighted by atomic mass is 10.3. The maximum Gasteiger partial charge on any atom is 0.147 e. The van der Waals surface area contributed by atoms with Crippen molar-refractivity contribution in [3.8, 4) is 17.6 Å². The molecule has 0 amide bonds. The molecular weight excluding hydrogens is 259 g/mol. The Balaban J connectivity index is 2.32. The number of hydrogen-bond donors (Lipinski definition) is 0. The van der Waals surface area contributed by atoms with Crippen LogP contribution in [0.5, 0.6) is 11.5 Å². The van der Waals surface area contributed by atoms with Crippen LogP contribution >= 0.6 is 23.2 Å². The number of pyridine rings is 1. The summed E-state index contributed by atoms with van der Waals surface area (Å²) in [7, 11) is 0. The summed E-state index contributed by atoms with van der Waals surface area (Å²) in [4.78, 5) is 3.84. The molecule has 0 unspecified atom stereocenters. The molecule has 2 aromatic rings. The lowest BCUT2D eigenvalue weighted by Gasteiger charge is -2.07. The van der Waals surface area contributed by atoms with Gasteiger partial charge in [0.2, 0.25) is 0 Å². The van der Waals surface area contributed by atoms with Gasteiger partial charge in [0.1, 0.15) is 28.3 Å². The van der Waals surface area contributed by atoms with Crippen LogP contribution in [0.25, 0.3) is 0 Å². The van der Waals surface area contributed by atoms with Gasteiger partial charge >= 0.3 is 0 Å². The summed E-state index contributed by atoms with van der Waals surface area (Å²) < 4.78 is 5.52. The van der Waals surface area contributed by atoms with Gasteiger partial charge < -0.3 is 4.74 Å². The molecule has 0 N–H and O–H groups in total. The zero-order chi connectivity index (χ0) is 12.3. The van der Waals surface area contributed by atoms with Gasteiger partial charge in [0, 0.05) is 12.3 Å². The van der Waals surface area contributed by atoms with Gasteiger partial charge in [-0.1, -0.05) is 29.3 Å². The zero-order valence-corrected chi connectivity index (χ0v) is 10.0. The van der Waals surface area contributed by atoms with Crippen LogP contribution < -0.4 is 4.74 Å². The summed E-state index contributed by atoms with van der Waals surface area (Å²) in [6.07, 6.45) is 1.49. The monoisotopic (exact) mass is 264 g/mol.